The summed E-state index contributed by atoms with van der Waals surface area (Å²) < 4.78 is 0. The number of amides is 1. The lowest BCUT2D eigenvalue weighted by molar-refractivity contribution is 0.0610. The molecule has 4 heterocycles. The number of nitrogens with zero attached hydrogens (tertiary/aromatic N) is 4. The molecule has 2 N–H and O–H groups in total. The van der Waals surface area contributed by atoms with Crippen LogP contribution in [0.4, 0.5) is 11.8 Å². The number of hydrogen-bond acceptors (Lipinski definition) is 6. The zero-order valence-electron chi connectivity index (χ0n) is 15.2. The smallest absolute Gasteiger partial charge is 0.255 e. The van der Waals surface area contributed by atoms with E-state index in [-0.39, 0.29) is 17.5 Å². The van der Waals surface area contributed by atoms with Crippen molar-refractivity contribution in [2.75, 3.05) is 11.9 Å². The van der Waals surface area contributed by atoms with Crippen LogP contribution in [-0.4, -0.2) is 37.3 Å². The second-order valence-corrected chi connectivity index (χ2v) is 6.63. The van der Waals surface area contributed by atoms with E-state index in [0.29, 0.717) is 23.9 Å². The molecule has 0 spiro atoms. The molecule has 1 aliphatic rings. The molecule has 0 aliphatic carbocycles. The maximum absolute atomic E-state index is 13.0. The number of rotatable bonds is 4. The van der Waals surface area contributed by atoms with E-state index in [0.717, 1.165) is 24.8 Å². The van der Waals surface area contributed by atoms with Gasteiger partial charge in [0.25, 0.3) is 5.91 Å². The lowest BCUT2D eigenvalue weighted by Gasteiger charge is -2.36. The van der Waals surface area contributed by atoms with E-state index in [9.17, 15) is 9.59 Å². The second-order valence-electron chi connectivity index (χ2n) is 6.63. The number of aromatic amines is 1. The molecular weight excluding hydrogens is 356 g/mol. The molecule has 1 amide bonds. The summed E-state index contributed by atoms with van der Waals surface area (Å²) in [5.41, 5.74) is 1.25. The van der Waals surface area contributed by atoms with E-state index in [2.05, 4.69) is 25.3 Å². The van der Waals surface area contributed by atoms with Crippen LogP contribution in [0.25, 0.3) is 0 Å². The third-order valence-corrected chi connectivity index (χ3v) is 4.77. The van der Waals surface area contributed by atoms with Gasteiger partial charge < -0.3 is 15.2 Å². The normalized spacial score (nSPS) is 16.6. The molecule has 4 rings (SSSR count). The Kier molecular flexibility index (Phi) is 5.09. The summed E-state index contributed by atoms with van der Waals surface area (Å²) in [5.74, 6) is 1.04. The monoisotopic (exact) mass is 376 g/mol. The molecule has 0 radical (unpaired) electrons. The minimum absolute atomic E-state index is 0.0392. The first kappa shape index (κ1) is 17.8. The number of piperidine rings is 1. The second kappa shape index (κ2) is 7.99. The average molecular weight is 376 g/mol. The molecule has 1 atom stereocenters. The van der Waals surface area contributed by atoms with Crippen molar-refractivity contribution in [3.8, 4) is 0 Å². The van der Waals surface area contributed by atoms with E-state index >= 15 is 0 Å². The van der Waals surface area contributed by atoms with Gasteiger partial charge in [-0.1, -0.05) is 6.07 Å². The summed E-state index contributed by atoms with van der Waals surface area (Å²) in [4.78, 5) is 41.3. The molecule has 3 aromatic rings. The van der Waals surface area contributed by atoms with Gasteiger partial charge in [-0.2, -0.15) is 0 Å². The van der Waals surface area contributed by atoms with E-state index in [1.807, 2.05) is 17.0 Å². The zero-order valence-corrected chi connectivity index (χ0v) is 15.2. The van der Waals surface area contributed by atoms with Crippen LogP contribution in [0, 0.1) is 0 Å². The van der Waals surface area contributed by atoms with Crippen LogP contribution >= 0.6 is 0 Å². The number of likely N-dealkylation sites (tertiary alicyclic amines) is 1. The lowest BCUT2D eigenvalue weighted by Crippen LogP contribution is -2.38. The molecule has 1 aliphatic heterocycles. The largest absolute Gasteiger partial charge is 0.332 e. The van der Waals surface area contributed by atoms with Crippen molar-refractivity contribution >= 4 is 17.7 Å². The van der Waals surface area contributed by atoms with Crippen LogP contribution in [0.5, 0.6) is 0 Å². The number of anilines is 2. The summed E-state index contributed by atoms with van der Waals surface area (Å²) in [6.07, 6.45) is 9.47. The fraction of sp³-hybridized carbons (Fsp3) is 0.250. The highest BCUT2D eigenvalue weighted by Gasteiger charge is 2.29. The number of hydrogen-bond donors (Lipinski definition) is 2. The summed E-state index contributed by atoms with van der Waals surface area (Å²) in [7, 11) is 0. The number of nitrogens with one attached hydrogen (secondary N) is 2. The Bertz CT molecular complexity index is 983. The van der Waals surface area contributed by atoms with Crippen LogP contribution in [0.3, 0.4) is 0 Å². The average Bonchev–Trinajstić information content (AvgIpc) is 2.75. The number of pyridine rings is 2. The standard InChI is InChI=1S/C20H20N6O2/c27-18-8-6-15(13-24-18)19(28)26-11-2-1-4-16(26)14-5-7-17(23-12-14)25-20-21-9-3-10-22-20/h3,5-10,12-13,16H,1-2,4,11H2,(H,24,27)(H,21,22,23,25). The minimum atomic E-state index is -0.221. The molecule has 8 heteroatoms. The van der Waals surface area contributed by atoms with Gasteiger partial charge >= 0.3 is 0 Å². The Morgan fingerprint density at radius 1 is 1.11 bits per heavy atom. The number of aromatic nitrogens is 4. The molecule has 3 aromatic heterocycles. The Labute approximate surface area is 161 Å². The first-order valence-corrected chi connectivity index (χ1v) is 9.20. The fourth-order valence-corrected chi connectivity index (χ4v) is 3.39. The molecule has 1 fully saturated rings. The summed E-state index contributed by atoms with van der Waals surface area (Å²) in [6, 6.07) is 8.49. The molecule has 142 valence electrons. The molecule has 28 heavy (non-hydrogen) atoms. The van der Waals surface area contributed by atoms with E-state index in [1.54, 1.807) is 30.7 Å². The summed E-state index contributed by atoms with van der Waals surface area (Å²) >= 11 is 0. The molecule has 0 bridgehead atoms. The molecule has 8 nitrogen and oxygen atoms in total. The first-order valence-electron chi connectivity index (χ1n) is 9.20. The topological polar surface area (TPSA) is 104 Å². The van der Waals surface area contributed by atoms with Gasteiger partial charge in [0.1, 0.15) is 5.82 Å². The van der Waals surface area contributed by atoms with E-state index < -0.39 is 0 Å². The lowest BCUT2D eigenvalue weighted by atomic mass is 9.95. The van der Waals surface area contributed by atoms with Crippen molar-refractivity contribution in [3.05, 3.63) is 76.6 Å². The van der Waals surface area contributed by atoms with Crippen LogP contribution in [0.1, 0.15) is 41.2 Å². The van der Waals surface area contributed by atoms with Crippen LogP contribution in [0.2, 0.25) is 0 Å². The Morgan fingerprint density at radius 2 is 1.96 bits per heavy atom. The maximum atomic E-state index is 13.0. The molecule has 1 unspecified atom stereocenters. The number of carbonyl (C=O) groups excluding carboxylic acids is 1. The van der Waals surface area contributed by atoms with Crippen LogP contribution in [0.15, 0.2) is 59.9 Å². The highest BCUT2D eigenvalue weighted by Crippen LogP contribution is 2.32. The third-order valence-electron chi connectivity index (χ3n) is 4.77. The Balaban J connectivity index is 1.53. The fourth-order valence-electron chi connectivity index (χ4n) is 3.39. The molecule has 1 saturated heterocycles. The Morgan fingerprint density at radius 3 is 2.68 bits per heavy atom. The van der Waals surface area contributed by atoms with Gasteiger partial charge in [-0.25, -0.2) is 15.0 Å². The Hall–Kier alpha value is -3.55. The number of carbonyl (C=O) groups is 1. The van der Waals surface area contributed by atoms with E-state index in [4.69, 9.17) is 0 Å². The number of H-pyrrole nitrogens is 1. The van der Waals surface area contributed by atoms with Gasteiger partial charge in [0.05, 0.1) is 11.6 Å². The highest BCUT2D eigenvalue weighted by atomic mass is 16.2. The van der Waals surface area contributed by atoms with Gasteiger partial charge in [0.2, 0.25) is 11.5 Å². The predicted molar refractivity (Wildman–Crippen MR) is 104 cm³/mol. The van der Waals surface area contributed by atoms with Crippen LogP contribution in [-0.2, 0) is 0 Å². The van der Waals surface area contributed by atoms with Gasteiger partial charge in [-0.05, 0) is 43.0 Å². The molecule has 0 saturated carbocycles. The van der Waals surface area contributed by atoms with Crippen molar-refractivity contribution in [1.82, 2.24) is 24.8 Å². The van der Waals surface area contributed by atoms with Crippen molar-refractivity contribution in [3.63, 3.8) is 0 Å². The quantitative estimate of drug-likeness (QED) is 0.725. The SMILES string of the molecule is O=C(c1ccc(=O)[nH]c1)N1CCCCC1c1ccc(Nc2ncccn2)nc1. The maximum Gasteiger partial charge on any atom is 0.255 e. The van der Waals surface area contributed by atoms with Gasteiger partial charge in [0, 0.05) is 37.4 Å². The predicted octanol–water partition coefficient (Wildman–Crippen LogP) is 2.67. The van der Waals surface area contributed by atoms with Crippen molar-refractivity contribution in [1.29, 1.82) is 0 Å². The molecule has 0 aromatic carbocycles. The van der Waals surface area contributed by atoms with Crippen LogP contribution < -0.4 is 10.9 Å². The summed E-state index contributed by atoms with van der Waals surface area (Å²) in [6.45, 7) is 0.681. The van der Waals surface area contributed by atoms with Crippen molar-refractivity contribution in [2.45, 2.75) is 25.3 Å². The third kappa shape index (κ3) is 3.90. The highest BCUT2D eigenvalue weighted by molar-refractivity contribution is 5.94. The van der Waals surface area contributed by atoms with Gasteiger partial charge in [-0.3, -0.25) is 9.59 Å². The van der Waals surface area contributed by atoms with Crippen molar-refractivity contribution < 1.29 is 4.79 Å². The van der Waals surface area contributed by atoms with E-state index in [1.165, 1.54) is 12.3 Å². The molecular formula is C20H20N6O2. The zero-order chi connectivity index (χ0) is 19.3. The summed E-state index contributed by atoms with van der Waals surface area (Å²) in [5, 5.41) is 3.05. The first-order chi connectivity index (χ1) is 13.7. The van der Waals surface area contributed by atoms with Gasteiger partial charge in [-0.15, -0.1) is 0 Å². The van der Waals surface area contributed by atoms with Gasteiger partial charge in [0.15, 0.2) is 0 Å². The minimum Gasteiger partial charge on any atom is -0.332 e. The van der Waals surface area contributed by atoms with Crippen molar-refractivity contribution in [2.24, 2.45) is 0 Å².